The molecule has 0 aromatic heterocycles. The van der Waals surface area contributed by atoms with Gasteiger partial charge in [-0.3, -0.25) is 0 Å². The highest BCUT2D eigenvalue weighted by atomic mass is 16.5. The lowest BCUT2D eigenvalue weighted by atomic mass is 9.95. The Kier molecular flexibility index (Phi) is 6.11. The van der Waals surface area contributed by atoms with E-state index in [0.29, 0.717) is 6.04 Å². The van der Waals surface area contributed by atoms with Crippen molar-refractivity contribution in [1.29, 1.82) is 0 Å². The van der Waals surface area contributed by atoms with Crippen molar-refractivity contribution >= 4 is 0 Å². The van der Waals surface area contributed by atoms with Gasteiger partial charge in [-0.1, -0.05) is 20.8 Å². The molecule has 1 N–H and O–H groups in total. The Morgan fingerprint density at radius 1 is 1.26 bits per heavy atom. The normalized spacial score (nSPS) is 30.3. The van der Waals surface area contributed by atoms with Gasteiger partial charge in [0.05, 0.1) is 6.61 Å². The van der Waals surface area contributed by atoms with Crippen LogP contribution >= 0.6 is 0 Å². The van der Waals surface area contributed by atoms with E-state index in [-0.39, 0.29) is 0 Å². The first-order valence-electron chi connectivity index (χ1n) is 8.24. The van der Waals surface area contributed by atoms with Crippen molar-refractivity contribution in [2.75, 3.05) is 39.4 Å². The quantitative estimate of drug-likeness (QED) is 0.767. The van der Waals surface area contributed by atoms with Gasteiger partial charge in [-0.25, -0.2) is 0 Å². The summed E-state index contributed by atoms with van der Waals surface area (Å²) >= 11 is 0. The first-order chi connectivity index (χ1) is 9.20. The Morgan fingerprint density at radius 3 is 2.68 bits per heavy atom. The van der Waals surface area contributed by atoms with Crippen LogP contribution in [0.15, 0.2) is 0 Å². The first-order valence-corrected chi connectivity index (χ1v) is 8.24. The van der Waals surface area contributed by atoms with Crippen molar-refractivity contribution in [1.82, 2.24) is 10.2 Å². The lowest BCUT2D eigenvalue weighted by Crippen LogP contribution is -2.45. The van der Waals surface area contributed by atoms with E-state index in [4.69, 9.17) is 4.74 Å². The third kappa shape index (κ3) is 4.44. The number of nitrogens with one attached hydrogen (secondary N) is 1. The molecule has 112 valence electrons. The van der Waals surface area contributed by atoms with Crippen LogP contribution < -0.4 is 5.32 Å². The monoisotopic (exact) mass is 268 g/mol. The van der Waals surface area contributed by atoms with Crippen LogP contribution in [0.2, 0.25) is 0 Å². The van der Waals surface area contributed by atoms with Crippen LogP contribution in [0, 0.1) is 17.8 Å². The molecular formula is C16H32N2O. The molecule has 0 bridgehead atoms. The van der Waals surface area contributed by atoms with E-state index >= 15 is 0 Å². The van der Waals surface area contributed by atoms with Gasteiger partial charge in [-0.15, -0.1) is 0 Å². The van der Waals surface area contributed by atoms with E-state index in [1.54, 1.807) is 0 Å². The largest absolute Gasteiger partial charge is 0.381 e. The maximum atomic E-state index is 5.58. The van der Waals surface area contributed by atoms with Gasteiger partial charge in [0.15, 0.2) is 0 Å². The number of nitrogens with zero attached hydrogens (tertiary/aromatic N) is 1. The summed E-state index contributed by atoms with van der Waals surface area (Å²) in [4.78, 5) is 2.68. The van der Waals surface area contributed by atoms with E-state index in [2.05, 4.69) is 31.0 Å². The molecule has 3 unspecified atom stereocenters. The van der Waals surface area contributed by atoms with Crippen molar-refractivity contribution in [2.24, 2.45) is 17.8 Å². The maximum absolute atomic E-state index is 5.58. The number of hydrogen-bond donors (Lipinski definition) is 1. The first kappa shape index (κ1) is 15.3. The molecule has 2 aliphatic rings. The highest BCUT2D eigenvalue weighted by molar-refractivity contribution is 4.86. The topological polar surface area (TPSA) is 24.5 Å². The smallest absolute Gasteiger partial charge is 0.0510 e. The fraction of sp³-hybridized carbons (Fsp3) is 1.00. The molecule has 0 aromatic rings. The number of hydrogen-bond acceptors (Lipinski definition) is 3. The summed E-state index contributed by atoms with van der Waals surface area (Å²) in [6, 6.07) is 0.633. The van der Waals surface area contributed by atoms with Crippen molar-refractivity contribution in [3.8, 4) is 0 Å². The Hall–Kier alpha value is -0.120. The molecule has 3 nitrogen and oxygen atoms in total. The molecule has 2 aliphatic heterocycles. The van der Waals surface area contributed by atoms with E-state index < -0.39 is 0 Å². The predicted octanol–water partition coefficient (Wildman–Crippen LogP) is 2.37. The SMILES string of the molecule is CCCNC(CN1CCC(C(C)C)C1)C1CCOC1. The molecule has 2 rings (SSSR count). The average Bonchev–Trinajstić information content (AvgIpc) is 3.05. The van der Waals surface area contributed by atoms with Crippen molar-refractivity contribution in [2.45, 2.75) is 46.1 Å². The fourth-order valence-electron chi connectivity index (χ4n) is 3.43. The van der Waals surface area contributed by atoms with Crippen molar-refractivity contribution < 1.29 is 4.74 Å². The molecule has 19 heavy (non-hydrogen) atoms. The number of ether oxygens (including phenoxy) is 1. The van der Waals surface area contributed by atoms with Gasteiger partial charge in [-0.05, 0) is 44.2 Å². The number of likely N-dealkylation sites (tertiary alicyclic amines) is 1. The lowest BCUT2D eigenvalue weighted by molar-refractivity contribution is 0.165. The Bertz CT molecular complexity index is 251. The summed E-state index contributed by atoms with van der Waals surface area (Å²) in [5.74, 6) is 2.47. The summed E-state index contributed by atoms with van der Waals surface area (Å²) < 4.78 is 5.58. The molecule has 2 fully saturated rings. The van der Waals surface area contributed by atoms with Crippen LogP contribution in [0.25, 0.3) is 0 Å². The molecule has 0 amide bonds. The zero-order chi connectivity index (χ0) is 13.7. The van der Waals surface area contributed by atoms with E-state index in [1.165, 1.54) is 38.9 Å². The second-order valence-electron chi connectivity index (χ2n) is 6.74. The minimum absolute atomic E-state index is 0.633. The van der Waals surface area contributed by atoms with Gasteiger partial charge in [-0.2, -0.15) is 0 Å². The Labute approximate surface area is 119 Å². The summed E-state index contributed by atoms with van der Waals surface area (Å²) in [5.41, 5.74) is 0. The van der Waals surface area contributed by atoms with Crippen LogP contribution in [0.4, 0.5) is 0 Å². The molecule has 0 radical (unpaired) electrons. The van der Waals surface area contributed by atoms with E-state index in [9.17, 15) is 0 Å². The van der Waals surface area contributed by atoms with Gasteiger partial charge < -0.3 is 15.0 Å². The van der Waals surface area contributed by atoms with Crippen LogP contribution in [0.1, 0.15) is 40.0 Å². The standard InChI is InChI=1S/C16H32N2O/c1-4-7-17-16(15-6-9-19-12-15)11-18-8-5-14(10-18)13(2)3/h13-17H,4-12H2,1-3H3. The van der Waals surface area contributed by atoms with Crippen LogP contribution in [-0.2, 0) is 4.74 Å². The average molecular weight is 268 g/mol. The maximum Gasteiger partial charge on any atom is 0.0510 e. The molecule has 0 spiro atoms. The third-order valence-corrected chi connectivity index (χ3v) is 4.90. The predicted molar refractivity (Wildman–Crippen MR) is 80.4 cm³/mol. The second-order valence-corrected chi connectivity index (χ2v) is 6.74. The molecule has 0 aliphatic carbocycles. The van der Waals surface area contributed by atoms with Crippen molar-refractivity contribution in [3.63, 3.8) is 0 Å². The van der Waals surface area contributed by atoms with Gasteiger partial charge in [0.1, 0.15) is 0 Å². The Morgan fingerprint density at radius 2 is 2.11 bits per heavy atom. The van der Waals surface area contributed by atoms with Crippen molar-refractivity contribution in [3.05, 3.63) is 0 Å². The van der Waals surface area contributed by atoms with Gasteiger partial charge >= 0.3 is 0 Å². The molecule has 0 aromatic carbocycles. The molecule has 0 saturated carbocycles. The highest BCUT2D eigenvalue weighted by Gasteiger charge is 2.30. The van der Waals surface area contributed by atoms with E-state index in [1.807, 2.05) is 0 Å². The van der Waals surface area contributed by atoms with Crippen LogP contribution in [0.5, 0.6) is 0 Å². The van der Waals surface area contributed by atoms with Gasteiger partial charge in [0.2, 0.25) is 0 Å². The summed E-state index contributed by atoms with van der Waals surface area (Å²) in [5, 5.41) is 3.76. The molecule has 2 heterocycles. The summed E-state index contributed by atoms with van der Waals surface area (Å²) in [6.45, 7) is 13.9. The van der Waals surface area contributed by atoms with E-state index in [0.717, 1.165) is 37.5 Å². The minimum Gasteiger partial charge on any atom is -0.381 e. The molecule has 2 saturated heterocycles. The summed E-state index contributed by atoms with van der Waals surface area (Å²) in [6.07, 6.45) is 3.85. The van der Waals surface area contributed by atoms with Crippen LogP contribution in [-0.4, -0.2) is 50.3 Å². The zero-order valence-electron chi connectivity index (χ0n) is 13.0. The highest BCUT2D eigenvalue weighted by Crippen LogP contribution is 2.25. The molecular weight excluding hydrogens is 236 g/mol. The Balaban J connectivity index is 1.81. The summed E-state index contributed by atoms with van der Waals surface area (Å²) in [7, 11) is 0. The second kappa shape index (κ2) is 7.61. The number of rotatable bonds is 7. The van der Waals surface area contributed by atoms with Crippen LogP contribution in [0.3, 0.4) is 0 Å². The fourth-order valence-corrected chi connectivity index (χ4v) is 3.43. The lowest BCUT2D eigenvalue weighted by Gasteiger charge is -2.29. The zero-order valence-corrected chi connectivity index (χ0v) is 13.0. The minimum atomic E-state index is 0.633. The van der Waals surface area contributed by atoms with Gasteiger partial charge in [0.25, 0.3) is 0 Å². The third-order valence-electron chi connectivity index (χ3n) is 4.90. The molecule has 3 heteroatoms. The van der Waals surface area contributed by atoms with Gasteiger partial charge in [0, 0.05) is 31.7 Å². The molecule has 3 atom stereocenters.